The Morgan fingerprint density at radius 1 is 1.67 bits per heavy atom. The summed E-state index contributed by atoms with van der Waals surface area (Å²) in [5, 5.41) is 11.7. The van der Waals surface area contributed by atoms with E-state index < -0.39 is 0 Å². The second-order valence-electron chi connectivity index (χ2n) is 4.50. The minimum Gasteiger partial charge on any atom is -0.409 e. The van der Waals surface area contributed by atoms with E-state index in [1.807, 2.05) is 0 Å². The van der Waals surface area contributed by atoms with Gasteiger partial charge in [0.25, 0.3) is 5.91 Å². The lowest BCUT2D eigenvalue weighted by molar-refractivity contribution is 0.0691. The third-order valence-electron chi connectivity index (χ3n) is 3.28. The van der Waals surface area contributed by atoms with Crippen LogP contribution in [-0.2, 0) is 7.05 Å². The van der Waals surface area contributed by atoms with Crippen LogP contribution in [0, 0.1) is 5.92 Å². The monoisotopic (exact) mass is 251 g/mol. The molecule has 0 radical (unpaired) electrons. The van der Waals surface area contributed by atoms with Crippen molar-refractivity contribution in [1.29, 1.82) is 0 Å². The van der Waals surface area contributed by atoms with E-state index in [2.05, 4.69) is 10.1 Å². The van der Waals surface area contributed by atoms with E-state index in [-0.39, 0.29) is 17.7 Å². The number of carbonyl (C=O) groups is 1. The quantitative estimate of drug-likeness (QED) is 0.335. The Labute approximate surface area is 105 Å². The highest BCUT2D eigenvalue weighted by atomic mass is 16.4. The van der Waals surface area contributed by atoms with Crippen molar-refractivity contribution in [2.75, 3.05) is 13.1 Å². The van der Waals surface area contributed by atoms with Crippen molar-refractivity contribution in [2.24, 2.45) is 23.9 Å². The van der Waals surface area contributed by atoms with Gasteiger partial charge >= 0.3 is 0 Å². The highest BCUT2D eigenvalue weighted by molar-refractivity contribution is 5.93. The molecule has 0 aliphatic carbocycles. The first-order valence-electron chi connectivity index (χ1n) is 5.86. The van der Waals surface area contributed by atoms with Crippen LogP contribution in [0.5, 0.6) is 0 Å². The smallest absolute Gasteiger partial charge is 0.272 e. The summed E-state index contributed by atoms with van der Waals surface area (Å²) in [7, 11) is 1.78. The fourth-order valence-electron chi connectivity index (χ4n) is 2.21. The van der Waals surface area contributed by atoms with Crippen molar-refractivity contribution in [3.05, 3.63) is 18.2 Å². The fraction of sp³-hybridized carbons (Fsp3) is 0.545. The number of amides is 1. The molecule has 1 saturated heterocycles. The summed E-state index contributed by atoms with van der Waals surface area (Å²) in [6.45, 7) is 1.18. The second kappa shape index (κ2) is 5.07. The van der Waals surface area contributed by atoms with Crippen LogP contribution in [0.2, 0.25) is 0 Å². The molecule has 1 aliphatic rings. The number of likely N-dealkylation sites (tertiary alicyclic amines) is 1. The minimum absolute atomic E-state index is 0.0644. The van der Waals surface area contributed by atoms with Gasteiger partial charge in [0.1, 0.15) is 11.5 Å². The highest BCUT2D eigenvalue weighted by Gasteiger charge is 2.27. The summed E-state index contributed by atoms with van der Waals surface area (Å²) >= 11 is 0. The number of amidine groups is 1. The molecular weight excluding hydrogens is 234 g/mol. The largest absolute Gasteiger partial charge is 0.409 e. The molecule has 1 unspecified atom stereocenters. The molecule has 1 aliphatic heterocycles. The molecular formula is C11H17N5O2. The molecule has 3 N–H and O–H groups in total. The maximum Gasteiger partial charge on any atom is 0.272 e. The summed E-state index contributed by atoms with van der Waals surface area (Å²) < 4.78 is 1.69. The van der Waals surface area contributed by atoms with Crippen molar-refractivity contribution in [2.45, 2.75) is 12.8 Å². The first-order valence-corrected chi connectivity index (χ1v) is 5.86. The van der Waals surface area contributed by atoms with Gasteiger partial charge in [-0.25, -0.2) is 4.98 Å². The number of nitrogens with zero attached hydrogens (tertiary/aromatic N) is 4. The summed E-state index contributed by atoms with van der Waals surface area (Å²) in [6, 6.07) is 0. The molecule has 7 heteroatoms. The van der Waals surface area contributed by atoms with Crippen LogP contribution >= 0.6 is 0 Å². The molecule has 1 atom stereocenters. The SMILES string of the molecule is Cn1cncc1C(=O)N1CCCC(/C(N)=N/O)C1. The van der Waals surface area contributed by atoms with Crippen molar-refractivity contribution < 1.29 is 10.0 Å². The average Bonchev–Trinajstić information content (AvgIpc) is 2.83. The van der Waals surface area contributed by atoms with E-state index >= 15 is 0 Å². The van der Waals surface area contributed by atoms with Crippen LogP contribution < -0.4 is 5.73 Å². The molecule has 0 spiro atoms. The summed E-state index contributed by atoms with van der Waals surface area (Å²) in [4.78, 5) is 17.9. The van der Waals surface area contributed by atoms with E-state index in [0.717, 1.165) is 12.8 Å². The van der Waals surface area contributed by atoms with Crippen LogP contribution in [0.15, 0.2) is 17.7 Å². The lowest BCUT2D eigenvalue weighted by Gasteiger charge is -2.31. The van der Waals surface area contributed by atoms with Gasteiger partial charge in [-0.2, -0.15) is 0 Å². The van der Waals surface area contributed by atoms with E-state index in [0.29, 0.717) is 18.8 Å². The number of rotatable bonds is 2. The Morgan fingerprint density at radius 3 is 3.06 bits per heavy atom. The fourth-order valence-corrected chi connectivity index (χ4v) is 2.21. The molecule has 1 amide bonds. The van der Waals surface area contributed by atoms with Gasteiger partial charge in [0, 0.05) is 26.1 Å². The molecule has 2 rings (SSSR count). The van der Waals surface area contributed by atoms with Crippen LogP contribution in [0.25, 0.3) is 0 Å². The lowest BCUT2D eigenvalue weighted by atomic mass is 9.97. The molecule has 0 saturated carbocycles. The zero-order valence-corrected chi connectivity index (χ0v) is 10.3. The maximum atomic E-state index is 12.3. The molecule has 98 valence electrons. The molecule has 0 bridgehead atoms. The topological polar surface area (TPSA) is 96.7 Å². The van der Waals surface area contributed by atoms with Crippen molar-refractivity contribution in [3.63, 3.8) is 0 Å². The number of oxime groups is 1. The van der Waals surface area contributed by atoms with E-state index in [1.165, 1.54) is 0 Å². The van der Waals surface area contributed by atoms with Gasteiger partial charge in [-0.3, -0.25) is 4.79 Å². The third-order valence-corrected chi connectivity index (χ3v) is 3.28. The van der Waals surface area contributed by atoms with Crippen LogP contribution in [0.3, 0.4) is 0 Å². The summed E-state index contributed by atoms with van der Waals surface area (Å²) in [5.74, 6) is 0.0591. The maximum absolute atomic E-state index is 12.3. The van der Waals surface area contributed by atoms with Crippen molar-refractivity contribution in [1.82, 2.24) is 14.5 Å². The molecule has 18 heavy (non-hydrogen) atoms. The van der Waals surface area contributed by atoms with Crippen molar-refractivity contribution >= 4 is 11.7 Å². The first kappa shape index (κ1) is 12.4. The predicted molar refractivity (Wildman–Crippen MR) is 65.2 cm³/mol. The Morgan fingerprint density at radius 2 is 2.44 bits per heavy atom. The van der Waals surface area contributed by atoms with Crippen LogP contribution in [-0.4, -0.2) is 44.5 Å². The number of nitrogens with two attached hydrogens (primary N) is 1. The standard InChI is InChI=1S/C11H17N5O2/c1-15-7-13-5-9(15)11(17)16-4-2-3-8(6-16)10(12)14-18/h5,7-8,18H,2-4,6H2,1H3,(H2,12,14). The Bertz CT molecular complexity index is 468. The summed E-state index contributed by atoms with van der Waals surface area (Å²) in [5.41, 5.74) is 6.15. The van der Waals surface area contributed by atoms with Crippen LogP contribution in [0.1, 0.15) is 23.3 Å². The second-order valence-corrected chi connectivity index (χ2v) is 4.50. The van der Waals surface area contributed by atoms with Crippen LogP contribution in [0.4, 0.5) is 0 Å². The van der Waals surface area contributed by atoms with E-state index in [4.69, 9.17) is 10.9 Å². The molecule has 1 fully saturated rings. The summed E-state index contributed by atoms with van der Waals surface area (Å²) in [6.07, 6.45) is 4.84. The zero-order valence-electron chi connectivity index (χ0n) is 10.3. The van der Waals surface area contributed by atoms with Gasteiger partial charge in [0.2, 0.25) is 0 Å². The minimum atomic E-state index is -0.0686. The van der Waals surface area contributed by atoms with Gasteiger partial charge in [-0.05, 0) is 12.8 Å². The first-order chi connectivity index (χ1) is 8.63. The Hall–Kier alpha value is -2.05. The highest BCUT2D eigenvalue weighted by Crippen LogP contribution is 2.18. The normalized spacial score (nSPS) is 21.1. The van der Waals surface area contributed by atoms with Gasteiger partial charge < -0.3 is 20.4 Å². The zero-order chi connectivity index (χ0) is 13.1. The number of piperidine rings is 1. The molecule has 7 nitrogen and oxygen atoms in total. The van der Waals surface area contributed by atoms with Gasteiger partial charge in [-0.1, -0.05) is 5.16 Å². The number of aromatic nitrogens is 2. The number of hydrogen-bond acceptors (Lipinski definition) is 4. The molecule has 1 aromatic rings. The molecule has 1 aromatic heterocycles. The number of aryl methyl sites for hydroxylation is 1. The molecule has 0 aromatic carbocycles. The Balaban J connectivity index is 2.10. The Kier molecular flexibility index (Phi) is 3.50. The van der Waals surface area contributed by atoms with Gasteiger partial charge in [-0.15, -0.1) is 0 Å². The van der Waals surface area contributed by atoms with E-state index in [9.17, 15) is 4.79 Å². The predicted octanol–water partition coefficient (Wildman–Crippen LogP) is 0.0187. The lowest BCUT2D eigenvalue weighted by Crippen LogP contribution is -2.44. The van der Waals surface area contributed by atoms with Gasteiger partial charge in [0.05, 0.1) is 12.5 Å². The average molecular weight is 251 g/mol. The van der Waals surface area contributed by atoms with Gasteiger partial charge in [0.15, 0.2) is 0 Å². The number of carbonyl (C=O) groups excluding carboxylic acids is 1. The van der Waals surface area contributed by atoms with E-state index in [1.54, 1.807) is 29.0 Å². The van der Waals surface area contributed by atoms with Crippen molar-refractivity contribution in [3.8, 4) is 0 Å². The molecule has 2 heterocycles. The number of hydrogen-bond donors (Lipinski definition) is 2. The number of imidazole rings is 1. The third kappa shape index (κ3) is 2.29.